The van der Waals surface area contributed by atoms with Crippen LogP contribution in [0, 0.1) is 0 Å². The van der Waals surface area contributed by atoms with Gasteiger partial charge in [0.2, 0.25) is 0 Å². The number of pyridine rings is 2. The van der Waals surface area contributed by atoms with Crippen LogP contribution < -0.4 is 10.6 Å². The Labute approximate surface area is 227 Å². The standard InChI is InChI=1S/C30H33N5O2S/c1-3-31-27-24(30(37)35(4-2)23-10-6-5-7-11-23)16-17-25(34-27)20-12-14-22(15-13-20)33-28(36)26-19-21-9-8-18-32-29(21)38-26/h8-9,12-19,23H,3-7,10-11H2,1-2H3,(H,31,34)(H,33,36). The topological polar surface area (TPSA) is 87.2 Å². The van der Waals surface area contributed by atoms with Crippen molar-refractivity contribution in [2.75, 3.05) is 23.7 Å². The van der Waals surface area contributed by atoms with E-state index in [9.17, 15) is 9.59 Å². The highest BCUT2D eigenvalue weighted by atomic mass is 32.1. The van der Waals surface area contributed by atoms with E-state index in [0.717, 1.165) is 34.3 Å². The average Bonchev–Trinajstić information content (AvgIpc) is 3.39. The molecule has 0 spiro atoms. The molecule has 0 saturated heterocycles. The van der Waals surface area contributed by atoms with Crippen molar-refractivity contribution in [2.45, 2.75) is 52.0 Å². The second kappa shape index (κ2) is 11.7. The zero-order valence-corrected chi connectivity index (χ0v) is 22.7. The largest absolute Gasteiger partial charge is 0.370 e. The third-order valence-corrected chi connectivity index (χ3v) is 8.10. The molecule has 196 valence electrons. The Hall–Kier alpha value is -3.78. The van der Waals surface area contributed by atoms with E-state index in [1.54, 1.807) is 6.20 Å². The molecule has 1 aliphatic carbocycles. The van der Waals surface area contributed by atoms with Gasteiger partial charge in [-0.15, -0.1) is 11.3 Å². The lowest BCUT2D eigenvalue weighted by Gasteiger charge is -2.34. The summed E-state index contributed by atoms with van der Waals surface area (Å²) in [4.78, 5) is 38.9. The summed E-state index contributed by atoms with van der Waals surface area (Å²) in [5.41, 5.74) is 3.00. The van der Waals surface area contributed by atoms with Crippen LogP contribution in [0.15, 0.2) is 60.8 Å². The number of nitrogens with zero attached hydrogens (tertiary/aromatic N) is 3. The molecule has 1 saturated carbocycles. The molecule has 1 aliphatic rings. The van der Waals surface area contributed by atoms with Crippen molar-refractivity contribution in [2.24, 2.45) is 0 Å². The molecule has 0 aliphatic heterocycles. The Bertz CT molecular complexity index is 1390. The summed E-state index contributed by atoms with van der Waals surface area (Å²) >= 11 is 1.38. The number of anilines is 2. The molecule has 0 unspecified atom stereocenters. The predicted molar refractivity (Wildman–Crippen MR) is 155 cm³/mol. The molecule has 3 heterocycles. The van der Waals surface area contributed by atoms with Crippen LogP contribution in [-0.4, -0.2) is 45.8 Å². The Morgan fingerprint density at radius 1 is 1.03 bits per heavy atom. The molecule has 8 heteroatoms. The number of nitrogens with one attached hydrogen (secondary N) is 2. The third kappa shape index (κ3) is 5.55. The van der Waals surface area contributed by atoms with Gasteiger partial charge < -0.3 is 15.5 Å². The molecular weight excluding hydrogens is 494 g/mol. The van der Waals surface area contributed by atoms with E-state index in [2.05, 4.69) is 22.5 Å². The first kappa shape index (κ1) is 25.9. The average molecular weight is 528 g/mol. The summed E-state index contributed by atoms with van der Waals surface area (Å²) < 4.78 is 0. The maximum atomic E-state index is 13.5. The van der Waals surface area contributed by atoms with Crippen molar-refractivity contribution in [1.29, 1.82) is 0 Å². The van der Waals surface area contributed by atoms with Gasteiger partial charge in [-0.05, 0) is 63.1 Å². The Kier molecular flexibility index (Phi) is 7.98. The molecule has 3 aromatic heterocycles. The molecule has 7 nitrogen and oxygen atoms in total. The monoisotopic (exact) mass is 527 g/mol. The first-order valence-corrected chi connectivity index (χ1v) is 14.2. The molecule has 38 heavy (non-hydrogen) atoms. The van der Waals surface area contributed by atoms with Gasteiger partial charge in [-0.3, -0.25) is 9.59 Å². The Morgan fingerprint density at radius 3 is 2.53 bits per heavy atom. The lowest BCUT2D eigenvalue weighted by atomic mass is 9.93. The van der Waals surface area contributed by atoms with E-state index in [-0.39, 0.29) is 11.8 Å². The lowest BCUT2D eigenvalue weighted by Crippen LogP contribution is -2.41. The van der Waals surface area contributed by atoms with Gasteiger partial charge in [0.25, 0.3) is 11.8 Å². The minimum absolute atomic E-state index is 0.0453. The van der Waals surface area contributed by atoms with Crippen LogP contribution in [0.25, 0.3) is 21.5 Å². The van der Waals surface area contributed by atoms with Gasteiger partial charge in [-0.25, -0.2) is 9.97 Å². The summed E-state index contributed by atoms with van der Waals surface area (Å²) in [5.74, 6) is 0.499. The summed E-state index contributed by atoms with van der Waals surface area (Å²) in [7, 11) is 0. The summed E-state index contributed by atoms with van der Waals surface area (Å²) in [6.45, 7) is 5.43. The maximum Gasteiger partial charge on any atom is 0.265 e. The summed E-state index contributed by atoms with van der Waals surface area (Å²) in [6, 6.07) is 17.4. The minimum atomic E-state index is -0.158. The number of amides is 2. The van der Waals surface area contributed by atoms with Gasteiger partial charge in [0, 0.05) is 42.0 Å². The van der Waals surface area contributed by atoms with Crippen LogP contribution in [0.5, 0.6) is 0 Å². The van der Waals surface area contributed by atoms with E-state index < -0.39 is 0 Å². The zero-order chi connectivity index (χ0) is 26.5. The number of rotatable bonds is 8. The van der Waals surface area contributed by atoms with Crippen molar-refractivity contribution in [1.82, 2.24) is 14.9 Å². The molecule has 0 bridgehead atoms. The van der Waals surface area contributed by atoms with E-state index in [1.807, 2.05) is 66.4 Å². The number of fused-ring (bicyclic) bond motifs is 1. The number of hydrogen-bond acceptors (Lipinski definition) is 6. The second-order valence-corrected chi connectivity index (χ2v) is 10.6. The quantitative estimate of drug-likeness (QED) is 0.262. The number of thiophene rings is 1. The molecule has 0 atom stereocenters. The lowest BCUT2D eigenvalue weighted by molar-refractivity contribution is 0.0648. The molecule has 5 rings (SSSR count). The van der Waals surface area contributed by atoms with Gasteiger partial charge in [-0.1, -0.05) is 37.5 Å². The highest BCUT2D eigenvalue weighted by Gasteiger charge is 2.27. The molecule has 2 amide bonds. The smallest absolute Gasteiger partial charge is 0.265 e. The molecular formula is C30H33N5O2S. The van der Waals surface area contributed by atoms with Crippen LogP contribution in [0.4, 0.5) is 11.5 Å². The minimum Gasteiger partial charge on any atom is -0.370 e. The second-order valence-electron chi connectivity index (χ2n) is 9.55. The molecule has 1 fully saturated rings. The van der Waals surface area contributed by atoms with E-state index in [4.69, 9.17) is 4.98 Å². The fourth-order valence-electron chi connectivity index (χ4n) is 5.11. The van der Waals surface area contributed by atoms with Crippen LogP contribution in [-0.2, 0) is 0 Å². The van der Waals surface area contributed by atoms with Crippen molar-refractivity contribution in [3.05, 3.63) is 71.2 Å². The van der Waals surface area contributed by atoms with E-state index in [1.165, 1.54) is 30.6 Å². The van der Waals surface area contributed by atoms with Crippen LogP contribution in [0.1, 0.15) is 66.0 Å². The van der Waals surface area contributed by atoms with Crippen LogP contribution in [0.3, 0.4) is 0 Å². The predicted octanol–water partition coefficient (Wildman–Crippen LogP) is 6.84. The van der Waals surface area contributed by atoms with E-state index >= 15 is 0 Å². The van der Waals surface area contributed by atoms with Gasteiger partial charge >= 0.3 is 0 Å². The Balaban J connectivity index is 1.33. The highest BCUT2D eigenvalue weighted by Crippen LogP contribution is 2.29. The number of hydrogen-bond donors (Lipinski definition) is 2. The van der Waals surface area contributed by atoms with Crippen molar-refractivity contribution < 1.29 is 9.59 Å². The fraction of sp³-hybridized carbons (Fsp3) is 0.333. The molecule has 4 aromatic rings. The number of aromatic nitrogens is 2. The van der Waals surface area contributed by atoms with Crippen LogP contribution >= 0.6 is 11.3 Å². The van der Waals surface area contributed by atoms with Gasteiger partial charge in [-0.2, -0.15) is 0 Å². The van der Waals surface area contributed by atoms with Gasteiger partial charge in [0.05, 0.1) is 16.1 Å². The fourth-order valence-corrected chi connectivity index (χ4v) is 6.01. The Morgan fingerprint density at radius 2 is 1.82 bits per heavy atom. The third-order valence-electron chi connectivity index (χ3n) is 7.04. The zero-order valence-electron chi connectivity index (χ0n) is 21.9. The highest BCUT2D eigenvalue weighted by molar-refractivity contribution is 7.20. The first-order chi connectivity index (χ1) is 18.6. The van der Waals surface area contributed by atoms with Crippen molar-refractivity contribution >= 4 is 44.9 Å². The van der Waals surface area contributed by atoms with Crippen LogP contribution in [0.2, 0.25) is 0 Å². The number of benzene rings is 1. The van der Waals surface area contributed by atoms with Gasteiger partial charge in [0.1, 0.15) is 10.6 Å². The maximum absolute atomic E-state index is 13.5. The summed E-state index contributed by atoms with van der Waals surface area (Å²) in [6.07, 6.45) is 7.50. The molecule has 0 radical (unpaired) electrons. The summed E-state index contributed by atoms with van der Waals surface area (Å²) in [5, 5.41) is 7.22. The SMILES string of the molecule is CCNc1nc(-c2ccc(NC(=O)c3cc4cccnc4s3)cc2)ccc1C(=O)N(CC)C1CCCCC1. The van der Waals surface area contributed by atoms with Crippen molar-refractivity contribution in [3.63, 3.8) is 0 Å². The first-order valence-electron chi connectivity index (χ1n) is 13.4. The number of carbonyl (C=O) groups is 2. The molecule has 1 aromatic carbocycles. The van der Waals surface area contributed by atoms with Gasteiger partial charge in [0.15, 0.2) is 0 Å². The van der Waals surface area contributed by atoms with Crippen molar-refractivity contribution in [3.8, 4) is 11.3 Å². The van der Waals surface area contributed by atoms with E-state index in [0.29, 0.717) is 41.1 Å². The molecule has 2 N–H and O–H groups in total. The normalized spacial score (nSPS) is 13.8. The number of carbonyl (C=O) groups excluding carboxylic acids is 2.